The molecule has 0 fully saturated rings. The van der Waals surface area contributed by atoms with Crippen LogP contribution >= 0.6 is 0 Å². The Kier molecular flexibility index (Phi) is 4.09. The summed E-state index contributed by atoms with van der Waals surface area (Å²) < 4.78 is 6.53. The van der Waals surface area contributed by atoms with Gasteiger partial charge in [-0.25, -0.2) is 14.3 Å². The monoisotopic (exact) mass is 328 g/mol. The number of aromatic nitrogens is 5. The molecule has 3 aromatic rings. The molecule has 0 aliphatic rings. The predicted molar refractivity (Wildman–Crippen MR) is 90.9 cm³/mol. The SMILES string of the molecule is Cc1cc(C)c[n+](CCCn2cnc3c2c(=O)n(C)c(=O)n3C)c1. The number of pyridine rings is 1. The Morgan fingerprint density at radius 1 is 1.08 bits per heavy atom. The van der Waals surface area contributed by atoms with Crippen LogP contribution in [-0.2, 0) is 27.2 Å². The molecule has 0 bridgehead atoms. The number of hydrogen-bond acceptors (Lipinski definition) is 3. The molecule has 0 radical (unpaired) electrons. The zero-order valence-electron chi connectivity index (χ0n) is 14.5. The second kappa shape index (κ2) is 6.07. The number of hydrogen-bond donors (Lipinski definition) is 0. The average molecular weight is 328 g/mol. The highest BCUT2D eigenvalue weighted by Crippen LogP contribution is 2.06. The summed E-state index contributed by atoms with van der Waals surface area (Å²) in [5.74, 6) is 0. The standard InChI is InChI=1S/C17H22N5O2/c1-12-8-13(2)10-21(9-12)6-5-7-22-11-18-15-14(22)16(23)20(4)17(24)19(15)3/h8-11H,5-7H2,1-4H3/q+1. The molecule has 0 aromatic carbocycles. The summed E-state index contributed by atoms with van der Waals surface area (Å²) in [5.41, 5.74) is 2.71. The Labute approximate surface area is 139 Å². The van der Waals surface area contributed by atoms with E-state index >= 15 is 0 Å². The van der Waals surface area contributed by atoms with E-state index in [4.69, 9.17) is 0 Å². The van der Waals surface area contributed by atoms with Crippen LogP contribution in [0.25, 0.3) is 11.2 Å². The van der Waals surface area contributed by atoms with E-state index in [9.17, 15) is 9.59 Å². The summed E-state index contributed by atoms with van der Waals surface area (Å²) in [6.07, 6.45) is 6.73. The molecule has 3 aromatic heterocycles. The largest absolute Gasteiger partial charge is 0.332 e. The molecular formula is C17H22N5O2+. The fraction of sp³-hybridized carbons (Fsp3) is 0.412. The van der Waals surface area contributed by atoms with Crippen LogP contribution in [0.4, 0.5) is 0 Å². The summed E-state index contributed by atoms with van der Waals surface area (Å²) in [6, 6.07) is 2.14. The molecule has 0 aliphatic carbocycles. The van der Waals surface area contributed by atoms with Gasteiger partial charge >= 0.3 is 5.69 Å². The minimum atomic E-state index is -0.358. The highest BCUT2D eigenvalue weighted by molar-refractivity contribution is 5.69. The second-order valence-corrected chi connectivity index (χ2v) is 6.30. The van der Waals surface area contributed by atoms with E-state index in [2.05, 4.69) is 41.9 Å². The first-order valence-corrected chi connectivity index (χ1v) is 7.96. The smallest absolute Gasteiger partial charge is 0.324 e. The fourth-order valence-corrected chi connectivity index (χ4v) is 3.11. The van der Waals surface area contributed by atoms with Gasteiger partial charge in [-0.2, -0.15) is 0 Å². The van der Waals surface area contributed by atoms with Gasteiger partial charge in [0.1, 0.15) is 6.54 Å². The highest BCUT2D eigenvalue weighted by atomic mass is 16.2. The lowest BCUT2D eigenvalue weighted by atomic mass is 10.2. The summed E-state index contributed by atoms with van der Waals surface area (Å²) >= 11 is 0. The van der Waals surface area contributed by atoms with Gasteiger partial charge in [0.15, 0.2) is 23.6 Å². The van der Waals surface area contributed by atoms with Crippen LogP contribution in [0.2, 0.25) is 0 Å². The van der Waals surface area contributed by atoms with E-state index in [1.54, 1.807) is 13.4 Å². The van der Waals surface area contributed by atoms with Crippen molar-refractivity contribution in [1.29, 1.82) is 0 Å². The summed E-state index contributed by atoms with van der Waals surface area (Å²) in [5, 5.41) is 0. The Morgan fingerprint density at radius 3 is 2.42 bits per heavy atom. The van der Waals surface area contributed by atoms with E-state index in [-0.39, 0.29) is 11.2 Å². The topological polar surface area (TPSA) is 65.7 Å². The third-order valence-corrected chi connectivity index (χ3v) is 4.23. The highest BCUT2D eigenvalue weighted by Gasteiger charge is 2.14. The lowest BCUT2D eigenvalue weighted by molar-refractivity contribution is -0.698. The van der Waals surface area contributed by atoms with Gasteiger partial charge in [-0.05, 0) is 19.9 Å². The maximum absolute atomic E-state index is 12.4. The lowest BCUT2D eigenvalue weighted by Crippen LogP contribution is -2.37. The molecule has 0 saturated heterocycles. The normalized spacial score (nSPS) is 11.3. The van der Waals surface area contributed by atoms with Gasteiger partial charge in [-0.1, -0.05) is 0 Å². The van der Waals surface area contributed by atoms with Crippen molar-refractivity contribution >= 4 is 11.2 Å². The van der Waals surface area contributed by atoms with E-state index in [0.29, 0.717) is 17.7 Å². The van der Waals surface area contributed by atoms with Crippen molar-refractivity contribution in [3.05, 3.63) is 56.8 Å². The molecule has 0 unspecified atom stereocenters. The predicted octanol–water partition coefficient (Wildman–Crippen LogP) is 0.428. The Balaban J connectivity index is 1.86. The number of imidazole rings is 1. The van der Waals surface area contributed by atoms with Crippen molar-refractivity contribution in [2.24, 2.45) is 14.1 Å². The first-order chi connectivity index (χ1) is 11.4. The lowest BCUT2D eigenvalue weighted by Gasteiger charge is -2.06. The minimum Gasteiger partial charge on any atom is -0.324 e. The Morgan fingerprint density at radius 2 is 1.75 bits per heavy atom. The maximum Gasteiger partial charge on any atom is 0.332 e. The van der Waals surface area contributed by atoms with Gasteiger partial charge in [-0.15, -0.1) is 0 Å². The first kappa shape index (κ1) is 16.2. The van der Waals surface area contributed by atoms with Gasteiger partial charge in [0, 0.05) is 38.2 Å². The third kappa shape index (κ3) is 2.77. The van der Waals surface area contributed by atoms with Crippen LogP contribution in [0, 0.1) is 13.8 Å². The van der Waals surface area contributed by atoms with E-state index in [0.717, 1.165) is 17.5 Å². The van der Waals surface area contributed by atoms with Crippen molar-refractivity contribution in [1.82, 2.24) is 18.7 Å². The number of fused-ring (bicyclic) bond motifs is 1. The van der Waals surface area contributed by atoms with Gasteiger partial charge in [0.25, 0.3) is 5.56 Å². The van der Waals surface area contributed by atoms with E-state index in [1.165, 1.54) is 22.7 Å². The van der Waals surface area contributed by atoms with E-state index < -0.39 is 0 Å². The zero-order valence-corrected chi connectivity index (χ0v) is 14.5. The molecule has 24 heavy (non-hydrogen) atoms. The van der Waals surface area contributed by atoms with Crippen LogP contribution in [0.15, 0.2) is 34.4 Å². The molecule has 0 N–H and O–H groups in total. The Hall–Kier alpha value is -2.70. The van der Waals surface area contributed by atoms with Gasteiger partial charge in [-0.3, -0.25) is 13.9 Å². The molecule has 0 saturated carbocycles. The van der Waals surface area contributed by atoms with Gasteiger partial charge < -0.3 is 4.57 Å². The third-order valence-electron chi connectivity index (χ3n) is 4.23. The van der Waals surface area contributed by atoms with Crippen LogP contribution in [0.3, 0.4) is 0 Å². The average Bonchev–Trinajstić information content (AvgIpc) is 2.94. The minimum absolute atomic E-state index is 0.301. The zero-order chi connectivity index (χ0) is 17.4. The molecule has 0 spiro atoms. The molecule has 7 nitrogen and oxygen atoms in total. The molecule has 0 amide bonds. The molecule has 7 heteroatoms. The molecule has 126 valence electrons. The second-order valence-electron chi connectivity index (χ2n) is 6.30. The summed E-state index contributed by atoms with van der Waals surface area (Å²) in [4.78, 5) is 28.6. The van der Waals surface area contributed by atoms with Crippen molar-refractivity contribution in [3.63, 3.8) is 0 Å². The van der Waals surface area contributed by atoms with E-state index in [1.807, 2.05) is 4.57 Å². The van der Waals surface area contributed by atoms with Crippen molar-refractivity contribution in [2.45, 2.75) is 33.4 Å². The van der Waals surface area contributed by atoms with Crippen LogP contribution in [0.1, 0.15) is 17.5 Å². The first-order valence-electron chi connectivity index (χ1n) is 7.96. The number of aryl methyl sites for hydroxylation is 5. The molecule has 3 rings (SSSR count). The summed E-state index contributed by atoms with van der Waals surface area (Å²) in [7, 11) is 3.12. The fourth-order valence-electron chi connectivity index (χ4n) is 3.11. The Bertz CT molecular complexity index is 1010. The number of rotatable bonds is 4. The summed E-state index contributed by atoms with van der Waals surface area (Å²) in [6.45, 7) is 5.69. The van der Waals surface area contributed by atoms with Crippen LogP contribution in [0.5, 0.6) is 0 Å². The number of nitrogens with zero attached hydrogens (tertiary/aromatic N) is 5. The van der Waals surface area contributed by atoms with Crippen molar-refractivity contribution < 1.29 is 4.57 Å². The van der Waals surface area contributed by atoms with Gasteiger partial charge in [0.05, 0.1) is 6.33 Å². The van der Waals surface area contributed by atoms with Crippen molar-refractivity contribution in [3.8, 4) is 0 Å². The molecule has 0 aliphatic heterocycles. The van der Waals surface area contributed by atoms with Crippen LogP contribution < -0.4 is 15.8 Å². The molecular weight excluding hydrogens is 306 g/mol. The maximum atomic E-state index is 12.4. The molecule has 0 atom stereocenters. The van der Waals surface area contributed by atoms with Crippen molar-refractivity contribution in [2.75, 3.05) is 0 Å². The molecule has 3 heterocycles. The van der Waals surface area contributed by atoms with Crippen LogP contribution in [-0.4, -0.2) is 18.7 Å². The van der Waals surface area contributed by atoms with Gasteiger partial charge in [0.2, 0.25) is 0 Å². The quantitative estimate of drug-likeness (QED) is 0.652.